The van der Waals surface area contributed by atoms with Gasteiger partial charge in [-0.1, -0.05) is 0 Å². The molecule has 1 fully saturated rings. The van der Waals surface area contributed by atoms with Crippen LogP contribution in [0.2, 0.25) is 0 Å². The molecule has 1 N–H and O–H groups in total. The summed E-state index contributed by atoms with van der Waals surface area (Å²) >= 11 is 1.89. The summed E-state index contributed by atoms with van der Waals surface area (Å²) in [4.78, 5) is 6.52. The van der Waals surface area contributed by atoms with E-state index in [9.17, 15) is 0 Å². The van der Waals surface area contributed by atoms with Gasteiger partial charge < -0.3 is 15.0 Å². The maximum absolute atomic E-state index is 5.39. The Hall–Kier alpha value is -0.420. The molecule has 5 heteroatoms. The third-order valence-corrected chi connectivity index (χ3v) is 3.63. The molecule has 0 aromatic carbocycles. The molecule has 1 saturated heterocycles. The molecule has 1 heterocycles. The van der Waals surface area contributed by atoms with Gasteiger partial charge in [-0.05, 0) is 24.9 Å². The number of nitrogens with zero attached hydrogens (tertiary/aromatic N) is 2. The van der Waals surface area contributed by atoms with E-state index in [1.807, 2.05) is 18.8 Å². The standard InChI is InChI=1S/C12H25N3OS/c1-13-12(14-6-4-8-17-3)15(2)9-11-5-7-16-10-11/h11H,4-10H2,1-3H3,(H,13,14). The molecule has 0 spiro atoms. The number of nitrogens with one attached hydrogen (secondary N) is 1. The number of thioether (sulfide) groups is 1. The highest BCUT2D eigenvalue weighted by molar-refractivity contribution is 7.98. The number of hydrogen-bond donors (Lipinski definition) is 1. The lowest BCUT2D eigenvalue weighted by Gasteiger charge is -2.24. The maximum atomic E-state index is 5.39. The normalized spacial score (nSPS) is 20.6. The molecule has 0 aromatic rings. The molecule has 0 aliphatic carbocycles. The van der Waals surface area contributed by atoms with Gasteiger partial charge in [0.1, 0.15) is 0 Å². The van der Waals surface area contributed by atoms with Crippen LogP contribution in [0.4, 0.5) is 0 Å². The van der Waals surface area contributed by atoms with Crippen LogP contribution >= 0.6 is 11.8 Å². The summed E-state index contributed by atoms with van der Waals surface area (Å²) in [5, 5.41) is 3.40. The number of guanidine groups is 1. The lowest BCUT2D eigenvalue weighted by atomic mass is 10.1. The van der Waals surface area contributed by atoms with Gasteiger partial charge in [-0.25, -0.2) is 0 Å². The van der Waals surface area contributed by atoms with Crippen molar-refractivity contribution in [2.24, 2.45) is 10.9 Å². The molecule has 4 nitrogen and oxygen atoms in total. The van der Waals surface area contributed by atoms with Crippen LogP contribution in [0.3, 0.4) is 0 Å². The molecule has 1 aliphatic rings. The van der Waals surface area contributed by atoms with E-state index in [0.717, 1.165) is 32.3 Å². The van der Waals surface area contributed by atoms with E-state index in [1.165, 1.54) is 18.6 Å². The summed E-state index contributed by atoms with van der Waals surface area (Å²) in [5.41, 5.74) is 0. The highest BCUT2D eigenvalue weighted by Gasteiger charge is 2.18. The van der Waals surface area contributed by atoms with E-state index in [2.05, 4.69) is 28.5 Å². The van der Waals surface area contributed by atoms with Gasteiger partial charge in [0.2, 0.25) is 0 Å². The van der Waals surface area contributed by atoms with E-state index < -0.39 is 0 Å². The van der Waals surface area contributed by atoms with Crippen molar-refractivity contribution in [3.63, 3.8) is 0 Å². The van der Waals surface area contributed by atoms with E-state index >= 15 is 0 Å². The molecule has 1 unspecified atom stereocenters. The van der Waals surface area contributed by atoms with Crippen molar-refractivity contribution in [2.45, 2.75) is 12.8 Å². The van der Waals surface area contributed by atoms with Crippen molar-refractivity contribution in [1.29, 1.82) is 0 Å². The fraction of sp³-hybridized carbons (Fsp3) is 0.917. The highest BCUT2D eigenvalue weighted by Crippen LogP contribution is 2.13. The van der Waals surface area contributed by atoms with Gasteiger partial charge in [0.05, 0.1) is 6.61 Å². The maximum Gasteiger partial charge on any atom is 0.193 e. The van der Waals surface area contributed by atoms with Crippen LogP contribution in [0.25, 0.3) is 0 Å². The third kappa shape index (κ3) is 5.64. The molecular weight excluding hydrogens is 234 g/mol. The largest absolute Gasteiger partial charge is 0.381 e. The number of hydrogen-bond acceptors (Lipinski definition) is 3. The zero-order valence-electron chi connectivity index (χ0n) is 11.2. The second-order valence-electron chi connectivity index (χ2n) is 4.43. The van der Waals surface area contributed by atoms with Crippen LogP contribution in [0.1, 0.15) is 12.8 Å². The number of aliphatic imine (C=N–C) groups is 1. The molecule has 1 rings (SSSR count). The fourth-order valence-corrected chi connectivity index (χ4v) is 2.44. The SMILES string of the molecule is CN=C(NCCCSC)N(C)CC1CCOC1. The van der Waals surface area contributed by atoms with Gasteiger partial charge >= 0.3 is 0 Å². The average molecular weight is 259 g/mol. The van der Waals surface area contributed by atoms with Gasteiger partial charge in [0.25, 0.3) is 0 Å². The zero-order chi connectivity index (χ0) is 12.5. The van der Waals surface area contributed by atoms with E-state index in [1.54, 1.807) is 0 Å². The second kappa shape index (κ2) is 8.64. The van der Waals surface area contributed by atoms with Crippen molar-refractivity contribution in [2.75, 3.05) is 52.4 Å². The summed E-state index contributed by atoms with van der Waals surface area (Å²) in [5.74, 6) is 2.85. The minimum Gasteiger partial charge on any atom is -0.381 e. The minimum atomic E-state index is 0.657. The van der Waals surface area contributed by atoms with Gasteiger partial charge in [-0.15, -0.1) is 0 Å². The zero-order valence-corrected chi connectivity index (χ0v) is 12.1. The molecule has 0 aromatic heterocycles. The Labute approximate surface area is 109 Å². The number of rotatable bonds is 6. The van der Waals surface area contributed by atoms with E-state index in [0.29, 0.717) is 5.92 Å². The first kappa shape index (κ1) is 14.6. The van der Waals surface area contributed by atoms with Crippen LogP contribution in [0.15, 0.2) is 4.99 Å². The Morgan fingerprint density at radius 1 is 1.59 bits per heavy atom. The molecule has 0 saturated carbocycles. The van der Waals surface area contributed by atoms with Gasteiger partial charge in [-0.2, -0.15) is 11.8 Å². The molecular formula is C12H25N3OS. The quantitative estimate of drug-likeness (QED) is 0.443. The van der Waals surface area contributed by atoms with E-state index in [4.69, 9.17) is 4.74 Å². The molecule has 0 radical (unpaired) electrons. The van der Waals surface area contributed by atoms with Crippen molar-refractivity contribution in [3.8, 4) is 0 Å². The first-order valence-electron chi connectivity index (χ1n) is 6.26. The summed E-state index contributed by atoms with van der Waals surface area (Å²) in [6, 6.07) is 0. The first-order chi connectivity index (χ1) is 8.27. The monoisotopic (exact) mass is 259 g/mol. The number of ether oxygens (including phenoxy) is 1. The van der Waals surface area contributed by atoms with Crippen LogP contribution in [0.5, 0.6) is 0 Å². The van der Waals surface area contributed by atoms with Crippen molar-refractivity contribution < 1.29 is 4.74 Å². The van der Waals surface area contributed by atoms with Crippen LogP contribution < -0.4 is 5.32 Å². The van der Waals surface area contributed by atoms with E-state index in [-0.39, 0.29) is 0 Å². The lowest BCUT2D eigenvalue weighted by Crippen LogP contribution is -2.41. The van der Waals surface area contributed by atoms with Crippen LogP contribution in [0, 0.1) is 5.92 Å². The predicted molar refractivity (Wildman–Crippen MR) is 75.9 cm³/mol. The summed E-state index contributed by atoms with van der Waals surface area (Å²) in [6.07, 6.45) is 4.50. The minimum absolute atomic E-state index is 0.657. The lowest BCUT2D eigenvalue weighted by molar-refractivity contribution is 0.181. The molecule has 0 bridgehead atoms. The smallest absolute Gasteiger partial charge is 0.193 e. The average Bonchev–Trinajstić information content (AvgIpc) is 2.82. The molecule has 1 aliphatic heterocycles. The summed E-state index contributed by atoms with van der Waals surface area (Å²) in [7, 11) is 3.95. The molecule has 100 valence electrons. The predicted octanol–water partition coefficient (Wildman–Crippen LogP) is 1.28. The topological polar surface area (TPSA) is 36.9 Å². The molecule has 1 atom stereocenters. The fourth-order valence-electron chi connectivity index (χ4n) is 2.00. The van der Waals surface area contributed by atoms with Gasteiger partial charge in [-0.3, -0.25) is 4.99 Å². The Kier molecular flexibility index (Phi) is 7.44. The highest BCUT2D eigenvalue weighted by atomic mass is 32.2. The van der Waals surface area contributed by atoms with Crippen LogP contribution in [-0.2, 0) is 4.74 Å². The third-order valence-electron chi connectivity index (χ3n) is 2.94. The van der Waals surface area contributed by atoms with Crippen LogP contribution in [-0.4, -0.2) is 63.3 Å². The Morgan fingerprint density at radius 2 is 2.41 bits per heavy atom. The second-order valence-corrected chi connectivity index (χ2v) is 5.42. The Balaban J connectivity index is 2.23. The Bertz CT molecular complexity index is 230. The summed E-state index contributed by atoms with van der Waals surface area (Å²) in [6.45, 7) is 3.84. The molecule has 17 heavy (non-hydrogen) atoms. The van der Waals surface area contributed by atoms with Crippen molar-refractivity contribution in [1.82, 2.24) is 10.2 Å². The van der Waals surface area contributed by atoms with Gasteiger partial charge in [0, 0.05) is 39.7 Å². The first-order valence-corrected chi connectivity index (χ1v) is 7.65. The van der Waals surface area contributed by atoms with Gasteiger partial charge in [0.15, 0.2) is 5.96 Å². The van der Waals surface area contributed by atoms with Crippen molar-refractivity contribution >= 4 is 17.7 Å². The summed E-state index contributed by atoms with van der Waals surface area (Å²) < 4.78 is 5.39. The molecule has 0 amide bonds. The van der Waals surface area contributed by atoms with Crippen molar-refractivity contribution in [3.05, 3.63) is 0 Å². The Morgan fingerprint density at radius 3 is 3.00 bits per heavy atom.